The maximum Gasteiger partial charge on any atom is 0.306 e. The van der Waals surface area contributed by atoms with Crippen molar-refractivity contribution in [2.45, 2.75) is 65.7 Å². The molecule has 17 heavy (non-hydrogen) atoms. The Morgan fingerprint density at radius 3 is 2.82 bits per heavy atom. The van der Waals surface area contributed by atoms with Crippen LogP contribution in [0.1, 0.15) is 65.7 Å². The van der Waals surface area contributed by atoms with Gasteiger partial charge in [0, 0.05) is 6.42 Å². The van der Waals surface area contributed by atoms with E-state index in [0.29, 0.717) is 18.4 Å². The monoisotopic (exact) mass is 238 g/mol. The molecule has 1 aliphatic rings. The van der Waals surface area contributed by atoms with Crippen LogP contribution in [0.5, 0.6) is 0 Å². The van der Waals surface area contributed by atoms with Crippen molar-refractivity contribution < 1.29 is 9.53 Å². The first-order valence-electron chi connectivity index (χ1n) is 6.87. The van der Waals surface area contributed by atoms with Gasteiger partial charge in [0.25, 0.3) is 0 Å². The summed E-state index contributed by atoms with van der Waals surface area (Å²) in [4.78, 5) is 11.4. The number of carbonyl (C=O) groups excluding carboxylic acids is 1. The molecule has 1 rings (SSSR count). The lowest BCUT2D eigenvalue weighted by Gasteiger charge is -2.28. The highest BCUT2D eigenvalue weighted by molar-refractivity contribution is 5.69. The summed E-state index contributed by atoms with van der Waals surface area (Å²) in [5.41, 5.74) is 1.89. The van der Waals surface area contributed by atoms with Crippen molar-refractivity contribution in [1.29, 1.82) is 0 Å². The van der Waals surface area contributed by atoms with Crippen LogP contribution in [-0.2, 0) is 9.53 Å². The Hall–Kier alpha value is -0.790. The summed E-state index contributed by atoms with van der Waals surface area (Å²) in [5, 5.41) is 0. The summed E-state index contributed by atoms with van der Waals surface area (Å²) in [7, 11) is 0. The molecule has 0 saturated carbocycles. The van der Waals surface area contributed by atoms with Crippen molar-refractivity contribution >= 4 is 5.97 Å². The van der Waals surface area contributed by atoms with E-state index in [9.17, 15) is 4.79 Å². The molecule has 0 atom stereocenters. The van der Waals surface area contributed by atoms with E-state index in [1.165, 1.54) is 12.0 Å². The zero-order chi connectivity index (χ0) is 12.7. The first-order chi connectivity index (χ1) is 8.03. The van der Waals surface area contributed by atoms with Crippen LogP contribution in [0.3, 0.4) is 0 Å². The van der Waals surface area contributed by atoms with Gasteiger partial charge in [0.2, 0.25) is 0 Å². The molecule has 0 heterocycles. The fourth-order valence-electron chi connectivity index (χ4n) is 2.02. The molecule has 2 nitrogen and oxygen atoms in total. The third kappa shape index (κ3) is 5.90. The second kappa shape index (κ2) is 6.83. The smallest absolute Gasteiger partial charge is 0.306 e. The first kappa shape index (κ1) is 14.3. The minimum absolute atomic E-state index is 0.0378. The van der Waals surface area contributed by atoms with Gasteiger partial charge >= 0.3 is 5.97 Å². The van der Waals surface area contributed by atoms with Crippen molar-refractivity contribution in [3.8, 4) is 0 Å². The highest BCUT2D eigenvalue weighted by Crippen LogP contribution is 2.35. The van der Waals surface area contributed by atoms with E-state index < -0.39 is 0 Å². The first-order valence-corrected chi connectivity index (χ1v) is 6.87. The van der Waals surface area contributed by atoms with Crippen LogP contribution in [0.4, 0.5) is 0 Å². The quantitative estimate of drug-likeness (QED) is 0.393. The van der Waals surface area contributed by atoms with Gasteiger partial charge in [-0.3, -0.25) is 4.79 Å². The largest absolute Gasteiger partial charge is 0.466 e. The molecule has 0 spiro atoms. The highest BCUT2D eigenvalue weighted by Gasteiger charge is 2.21. The molecular weight excluding hydrogens is 212 g/mol. The van der Waals surface area contributed by atoms with E-state index in [1.54, 1.807) is 0 Å². The van der Waals surface area contributed by atoms with Crippen LogP contribution < -0.4 is 0 Å². The topological polar surface area (TPSA) is 26.3 Å². The summed E-state index contributed by atoms with van der Waals surface area (Å²) in [6.45, 7) is 7.29. The molecule has 98 valence electrons. The van der Waals surface area contributed by atoms with Gasteiger partial charge in [-0.2, -0.15) is 0 Å². The van der Waals surface area contributed by atoms with Crippen molar-refractivity contribution in [2.75, 3.05) is 6.61 Å². The number of allylic oxidation sites excluding steroid dienone is 2. The van der Waals surface area contributed by atoms with Crippen LogP contribution in [0.15, 0.2) is 11.6 Å². The molecule has 0 aromatic heterocycles. The zero-order valence-corrected chi connectivity index (χ0v) is 11.6. The van der Waals surface area contributed by atoms with E-state index in [4.69, 9.17) is 4.74 Å². The minimum Gasteiger partial charge on any atom is -0.466 e. The molecule has 0 aromatic rings. The van der Waals surface area contributed by atoms with Crippen LogP contribution >= 0.6 is 0 Å². The van der Waals surface area contributed by atoms with E-state index in [0.717, 1.165) is 32.1 Å². The van der Waals surface area contributed by atoms with Crippen molar-refractivity contribution in [2.24, 2.45) is 5.41 Å². The lowest BCUT2D eigenvalue weighted by atomic mass is 9.77. The molecule has 2 heteroatoms. The van der Waals surface area contributed by atoms with Crippen LogP contribution in [0.25, 0.3) is 0 Å². The molecule has 0 radical (unpaired) electrons. The molecule has 0 saturated heterocycles. The summed E-state index contributed by atoms with van der Waals surface area (Å²) in [5.74, 6) is -0.0378. The summed E-state index contributed by atoms with van der Waals surface area (Å²) < 4.78 is 5.15. The Morgan fingerprint density at radius 1 is 1.47 bits per heavy atom. The number of carbonyl (C=O) groups is 1. The SMILES string of the molecule is CCCCOC(=O)CCC1=CCC(C)(C)CC1. The second-order valence-electron chi connectivity index (χ2n) is 5.80. The average molecular weight is 238 g/mol. The Morgan fingerprint density at radius 2 is 2.24 bits per heavy atom. The number of ether oxygens (including phenoxy) is 1. The molecule has 0 bridgehead atoms. The van der Waals surface area contributed by atoms with E-state index in [-0.39, 0.29) is 5.97 Å². The maximum atomic E-state index is 11.4. The predicted molar refractivity (Wildman–Crippen MR) is 70.8 cm³/mol. The standard InChI is InChI=1S/C15H26O2/c1-4-5-12-17-14(16)7-6-13-8-10-15(2,3)11-9-13/h8H,4-7,9-12H2,1-3H3. The summed E-state index contributed by atoms with van der Waals surface area (Å²) >= 11 is 0. The summed E-state index contributed by atoms with van der Waals surface area (Å²) in [6, 6.07) is 0. The molecule has 1 aliphatic carbocycles. The van der Waals surface area contributed by atoms with Gasteiger partial charge in [-0.15, -0.1) is 0 Å². The third-order valence-corrected chi connectivity index (χ3v) is 3.48. The number of rotatable bonds is 6. The predicted octanol–water partition coefficient (Wildman–Crippen LogP) is 4.25. The van der Waals surface area contributed by atoms with E-state index in [1.807, 2.05) is 0 Å². The lowest BCUT2D eigenvalue weighted by molar-refractivity contribution is -0.143. The van der Waals surface area contributed by atoms with Gasteiger partial charge in [-0.1, -0.05) is 38.8 Å². The van der Waals surface area contributed by atoms with Crippen LogP contribution in [0, 0.1) is 5.41 Å². The Bertz CT molecular complexity index is 277. The van der Waals surface area contributed by atoms with E-state index >= 15 is 0 Å². The molecule has 0 unspecified atom stereocenters. The Labute approximate surface area is 105 Å². The fourth-order valence-corrected chi connectivity index (χ4v) is 2.02. The third-order valence-electron chi connectivity index (χ3n) is 3.48. The summed E-state index contributed by atoms with van der Waals surface area (Å²) in [6.07, 6.45) is 9.35. The van der Waals surface area contributed by atoms with Crippen LogP contribution in [-0.4, -0.2) is 12.6 Å². The normalized spacial score (nSPS) is 18.6. The number of esters is 1. The molecule has 0 amide bonds. The number of unbranched alkanes of at least 4 members (excludes halogenated alkanes) is 1. The fraction of sp³-hybridized carbons (Fsp3) is 0.800. The van der Waals surface area contributed by atoms with Gasteiger partial charge in [-0.05, 0) is 37.5 Å². The Balaban J connectivity index is 2.18. The zero-order valence-electron chi connectivity index (χ0n) is 11.6. The molecule has 0 aromatic carbocycles. The minimum atomic E-state index is -0.0378. The highest BCUT2D eigenvalue weighted by atomic mass is 16.5. The van der Waals surface area contributed by atoms with Crippen molar-refractivity contribution in [1.82, 2.24) is 0 Å². The van der Waals surface area contributed by atoms with E-state index in [2.05, 4.69) is 26.8 Å². The second-order valence-corrected chi connectivity index (χ2v) is 5.80. The maximum absolute atomic E-state index is 11.4. The molecule has 0 N–H and O–H groups in total. The molecule has 0 fully saturated rings. The number of hydrogen-bond acceptors (Lipinski definition) is 2. The van der Waals surface area contributed by atoms with Crippen molar-refractivity contribution in [3.63, 3.8) is 0 Å². The number of hydrogen-bond donors (Lipinski definition) is 0. The van der Waals surface area contributed by atoms with Gasteiger partial charge in [-0.25, -0.2) is 0 Å². The van der Waals surface area contributed by atoms with Gasteiger partial charge < -0.3 is 4.74 Å². The van der Waals surface area contributed by atoms with Crippen molar-refractivity contribution in [3.05, 3.63) is 11.6 Å². The van der Waals surface area contributed by atoms with Crippen LogP contribution in [0.2, 0.25) is 0 Å². The lowest BCUT2D eigenvalue weighted by Crippen LogP contribution is -2.15. The molecular formula is C15H26O2. The average Bonchev–Trinajstić information content (AvgIpc) is 2.28. The van der Waals surface area contributed by atoms with Gasteiger partial charge in [0.05, 0.1) is 6.61 Å². The van der Waals surface area contributed by atoms with Gasteiger partial charge in [0.15, 0.2) is 0 Å². The molecule has 0 aliphatic heterocycles. The Kier molecular flexibility index (Phi) is 5.73. The van der Waals surface area contributed by atoms with Gasteiger partial charge in [0.1, 0.15) is 0 Å².